The molecule has 2 fully saturated rings. The molecule has 1 aromatic rings. The molecule has 4 amide bonds. The van der Waals surface area contributed by atoms with Crippen molar-refractivity contribution in [3.05, 3.63) is 24.3 Å². The molecule has 158 valence electrons. The molecule has 8 nitrogen and oxygen atoms in total. The van der Waals surface area contributed by atoms with Gasteiger partial charge in [-0.2, -0.15) is 0 Å². The molecule has 0 bridgehead atoms. The van der Waals surface area contributed by atoms with Crippen LogP contribution in [0.3, 0.4) is 0 Å². The monoisotopic (exact) mass is 402 g/mol. The smallest absolute Gasteiger partial charge is 0.320 e. The van der Waals surface area contributed by atoms with Crippen molar-refractivity contribution in [2.24, 2.45) is 0 Å². The molecular formula is C21H30N4O4. The Labute approximate surface area is 171 Å². The van der Waals surface area contributed by atoms with E-state index in [-0.39, 0.29) is 17.8 Å². The van der Waals surface area contributed by atoms with E-state index in [4.69, 9.17) is 4.74 Å². The van der Waals surface area contributed by atoms with E-state index in [0.717, 1.165) is 19.3 Å². The zero-order valence-electron chi connectivity index (χ0n) is 17.2. The number of nitrogens with zero attached hydrogens (tertiary/aromatic N) is 2. The molecule has 0 spiro atoms. The van der Waals surface area contributed by atoms with Gasteiger partial charge in [0.05, 0.1) is 7.11 Å². The summed E-state index contributed by atoms with van der Waals surface area (Å²) in [5.41, 5.74) is -0.246. The number of methoxy groups -OCH3 is 1. The highest BCUT2D eigenvalue weighted by Gasteiger charge is 2.44. The number of carbonyl (C=O) groups excluding carboxylic acids is 3. The van der Waals surface area contributed by atoms with Gasteiger partial charge in [-0.15, -0.1) is 0 Å². The van der Waals surface area contributed by atoms with Crippen molar-refractivity contribution in [2.45, 2.75) is 44.6 Å². The number of urea groups is 1. The molecule has 1 aliphatic carbocycles. The first-order valence-corrected chi connectivity index (χ1v) is 10.2. The molecule has 1 saturated carbocycles. The number of anilines is 1. The molecule has 1 heterocycles. The van der Waals surface area contributed by atoms with Crippen molar-refractivity contribution >= 4 is 23.5 Å². The van der Waals surface area contributed by atoms with Crippen LogP contribution < -0.4 is 15.4 Å². The fourth-order valence-electron chi connectivity index (χ4n) is 4.13. The van der Waals surface area contributed by atoms with Gasteiger partial charge in [-0.1, -0.05) is 19.3 Å². The predicted octanol–water partition coefficient (Wildman–Crippen LogP) is 2.21. The van der Waals surface area contributed by atoms with Crippen molar-refractivity contribution in [3.63, 3.8) is 0 Å². The molecule has 29 heavy (non-hydrogen) atoms. The van der Waals surface area contributed by atoms with Gasteiger partial charge < -0.3 is 25.2 Å². The number of hydrogen-bond acceptors (Lipinski definition) is 4. The summed E-state index contributed by atoms with van der Waals surface area (Å²) < 4.78 is 5.13. The minimum absolute atomic E-state index is 0.0291. The highest BCUT2D eigenvalue weighted by atomic mass is 16.5. The van der Waals surface area contributed by atoms with Crippen LogP contribution in [-0.4, -0.2) is 66.5 Å². The molecule has 0 unspecified atom stereocenters. The lowest BCUT2D eigenvalue weighted by Crippen LogP contribution is -2.63. The lowest BCUT2D eigenvalue weighted by atomic mass is 9.80. The Kier molecular flexibility index (Phi) is 6.61. The second-order valence-electron chi connectivity index (χ2n) is 7.75. The highest BCUT2D eigenvalue weighted by Crippen LogP contribution is 2.31. The van der Waals surface area contributed by atoms with E-state index in [2.05, 4.69) is 10.6 Å². The van der Waals surface area contributed by atoms with E-state index in [1.165, 1.54) is 0 Å². The summed E-state index contributed by atoms with van der Waals surface area (Å²) in [6, 6.07) is 6.67. The fraction of sp³-hybridized carbons (Fsp3) is 0.571. The van der Waals surface area contributed by atoms with Gasteiger partial charge in [-0.3, -0.25) is 9.59 Å². The number of amides is 4. The standard InChI is InChI=1S/C21H30N4O4/c1-16(26)24-12-14-25(15-13-24)19(27)21(10-4-3-5-11-21)23-20(28)22-17-6-8-18(29-2)9-7-17/h6-9H,3-5,10-15H2,1-2H3,(H2,22,23,28). The van der Waals surface area contributed by atoms with Crippen molar-refractivity contribution in [1.29, 1.82) is 0 Å². The zero-order chi connectivity index (χ0) is 20.9. The van der Waals surface area contributed by atoms with Crippen LogP contribution in [0.25, 0.3) is 0 Å². The van der Waals surface area contributed by atoms with Gasteiger partial charge in [0.2, 0.25) is 11.8 Å². The summed E-state index contributed by atoms with van der Waals surface area (Å²) in [5, 5.41) is 5.80. The van der Waals surface area contributed by atoms with E-state index >= 15 is 0 Å². The molecule has 3 rings (SSSR count). The summed E-state index contributed by atoms with van der Waals surface area (Å²) in [7, 11) is 1.59. The predicted molar refractivity (Wildman–Crippen MR) is 110 cm³/mol. The summed E-state index contributed by atoms with van der Waals surface area (Å²) in [6.45, 7) is 3.62. The van der Waals surface area contributed by atoms with Gasteiger partial charge in [-0.05, 0) is 37.1 Å². The average molecular weight is 402 g/mol. The summed E-state index contributed by atoms with van der Waals surface area (Å²) in [4.78, 5) is 41.2. The second kappa shape index (κ2) is 9.15. The first-order chi connectivity index (χ1) is 13.9. The quantitative estimate of drug-likeness (QED) is 0.808. The molecule has 1 saturated heterocycles. The van der Waals surface area contributed by atoms with Crippen LogP contribution >= 0.6 is 0 Å². The third kappa shape index (κ3) is 4.99. The van der Waals surface area contributed by atoms with Crippen LogP contribution in [0, 0.1) is 0 Å². The van der Waals surface area contributed by atoms with E-state index in [1.54, 1.807) is 48.1 Å². The van der Waals surface area contributed by atoms with Gasteiger partial charge in [0, 0.05) is 38.8 Å². The number of hydrogen-bond donors (Lipinski definition) is 2. The number of piperazine rings is 1. The van der Waals surface area contributed by atoms with Crippen molar-refractivity contribution in [3.8, 4) is 5.75 Å². The van der Waals surface area contributed by atoms with Gasteiger partial charge in [0.1, 0.15) is 11.3 Å². The SMILES string of the molecule is COc1ccc(NC(=O)NC2(C(=O)N3CCN(C(C)=O)CC3)CCCCC2)cc1. The van der Waals surface area contributed by atoms with Crippen LogP contribution in [-0.2, 0) is 9.59 Å². The Morgan fingerprint density at radius 2 is 1.52 bits per heavy atom. The van der Waals surface area contributed by atoms with Gasteiger partial charge >= 0.3 is 6.03 Å². The lowest BCUT2D eigenvalue weighted by molar-refractivity contribution is -0.144. The summed E-state index contributed by atoms with van der Waals surface area (Å²) >= 11 is 0. The molecule has 8 heteroatoms. The molecule has 0 atom stereocenters. The maximum Gasteiger partial charge on any atom is 0.320 e. The number of nitrogens with one attached hydrogen (secondary N) is 2. The van der Waals surface area contributed by atoms with Crippen LogP contribution in [0.4, 0.5) is 10.5 Å². The largest absolute Gasteiger partial charge is 0.497 e. The maximum absolute atomic E-state index is 13.4. The Morgan fingerprint density at radius 3 is 2.07 bits per heavy atom. The summed E-state index contributed by atoms with van der Waals surface area (Å²) in [6.07, 6.45) is 4.14. The van der Waals surface area contributed by atoms with E-state index in [1.807, 2.05) is 0 Å². The first-order valence-electron chi connectivity index (χ1n) is 10.2. The first kappa shape index (κ1) is 21.0. The van der Waals surface area contributed by atoms with Gasteiger partial charge in [0.25, 0.3) is 0 Å². The molecule has 0 aromatic heterocycles. The Bertz CT molecular complexity index is 736. The van der Waals surface area contributed by atoms with E-state index < -0.39 is 5.54 Å². The van der Waals surface area contributed by atoms with Crippen LogP contribution in [0.5, 0.6) is 5.75 Å². The van der Waals surface area contributed by atoms with Crippen molar-refractivity contribution < 1.29 is 19.1 Å². The number of ether oxygens (including phenoxy) is 1. The fourth-order valence-corrected chi connectivity index (χ4v) is 4.13. The molecule has 2 N–H and O–H groups in total. The van der Waals surface area contributed by atoms with E-state index in [9.17, 15) is 14.4 Å². The summed E-state index contributed by atoms with van der Waals surface area (Å²) in [5.74, 6) is 0.700. The van der Waals surface area contributed by atoms with Gasteiger partial charge in [-0.25, -0.2) is 4.79 Å². The molecular weight excluding hydrogens is 372 g/mol. The molecule has 0 radical (unpaired) electrons. The van der Waals surface area contributed by atoms with Crippen molar-refractivity contribution in [2.75, 3.05) is 38.6 Å². The minimum Gasteiger partial charge on any atom is -0.497 e. The molecule has 2 aliphatic rings. The molecule has 1 aliphatic heterocycles. The van der Waals surface area contributed by atoms with Crippen molar-refractivity contribution in [1.82, 2.24) is 15.1 Å². The number of rotatable bonds is 4. The minimum atomic E-state index is -0.882. The Hall–Kier alpha value is -2.77. The number of benzene rings is 1. The third-order valence-electron chi connectivity index (χ3n) is 5.83. The van der Waals surface area contributed by atoms with Crippen LogP contribution in [0.2, 0.25) is 0 Å². The number of carbonyl (C=O) groups is 3. The molecule has 1 aromatic carbocycles. The Balaban J connectivity index is 1.66. The topological polar surface area (TPSA) is 91.0 Å². The third-order valence-corrected chi connectivity index (χ3v) is 5.83. The Morgan fingerprint density at radius 1 is 0.931 bits per heavy atom. The van der Waals surface area contributed by atoms with Gasteiger partial charge in [0.15, 0.2) is 0 Å². The average Bonchev–Trinajstić information content (AvgIpc) is 2.74. The normalized spacial score (nSPS) is 18.7. The van der Waals surface area contributed by atoms with Crippen LogP contribution in [0.15, 0.2) is 24.3 Å². The zero-order valence-corrected chi connectivity index (χ0v) is 17.2. The highest BCUT2D eigenvalue weighted by molar-refractivity contribution is 5.96. The lowest BCUT2D eigenvalue weighted by Gasteiger charge is -2.43. The second-order valence-corrected chi connectivity index (χ2v) is 7.75. The van der Waals surface area contributed by atoms with E-state index in [0.29, 0.717) is 50.5 Å². The van der Waals surface area contributed by atoms with Crippen LogP contribution in [0.1, 0.15) is 39.0 Å². The maximum atomic E-state index is 13.4.